The number of nitrogens with one attached hydrogen (secondary N) is 1. The Hall–Kier alpha value is -1.97. The van der Waals surface area contributed by atoms with Gasteiger partial charge in [0.05, 0.1) is 19.3 Å². The molecule has 90 valence electrons. The molecule has 0 aliphatic rings. The zero-order chi connectivity index (χ0) is 12.3. The predicted molar refractivity (Wildman–Crippen MR) is 68.6 cm³/mol. The topological polar surface area (TPSA) is 39.1 Å². The molecule has 0 aliphatic heterocycles. The minimum Gasteiger partial charge on any atom is -0.497 e. The summed E-state index contributed by atoms with van der Waals surface area (Å²) in [5, 5.41) is 3.09. The Labute approximate surface area is 101 Å². The van der Waals surface area contributed by atoms with Crippen LogP contribution in [0.15, 0.2) is 30.5 Å². The van der Waals surface area contributed by atoms with E-state index in [1.165, 1.54) is 5.56 Å². The van der Waals surface area contributed by atoms with Crippen molar-refractivity contribution in [3.05, 3.63) is 41.7 Å². The smallest absolute Gasteiger partial charge is 0.203 e. The summed E-state index contributed by atoms with van der Waals surface area (Å²) >= 11 is 0. The first-order chi connectivity index (χ1) is 8.22. The number of aryl methyl sites for hydroxylation is 1. The maximum Gasteiger partial charge on any atom is 0.203 e. The van der Waals surface area contributed by atoms with Crippen molar-refractivity contribution in [2.75, 3.05) is 19.5 Å². The van der Waals surface area contributed by atoms with Crippen molar-refractivity contribution in [2.24, 2.45) is 0 Å². The molecule has 1 N–H and O–H groups in total. The van der Waals surface area contributed by atoms with E-state index in [1.807, 2.05) is 38.4 Å². The number of hydrogen-bond acceptors (Lipinski definition) is 3. The van der Waals surface area contributed by atoms with Crippen LogP contribution in [-0.2, 0) is 6.54 Å². The van der Waals surface area contributed by atoms with Crippen LogP contribution in [0, 0.1) is 6.92 Å². The molecule has 0 spiro atoms. The van der Waals surface area contributed by atoms with Gasteiger partial charge in [-0.3, -0.25) is 0 Å². The van der Waals surface area contributed by atoms with E-state index in [1.54, 1.807) is 7.11 Å². The van der Waals surface area contributed by atoms with Crippen molar-refractivity contribution in [1.29, 1.82) is 0 Å². The molecule has 4 nitrogen and oxygen atoms in total. The van der Waals surface area contributed by atoms with Gasteiger partial charge in [0, 0.05) is 13.2 Å². The van der Waals surface area contributed by atoms with E-state index in [0.29, 0.717) is 0 Å². The molecule has 0 saturated carbocycles. The van der Waals surface area contributed by atoms with Crippen LogP contribution >= 0.6 is 0 Å². The van der Waals surface area contributed by atoms with Crippen molar-refractivity contribution in [3.63, 3.8) is 0 Å². The molecule has 0 unspecified atom stereocenters. The fourth-order valence-corrected chi connectivity index (χ4v) is 1.83. The summed E-state index contributed by atoms with van der Waals surface area (Å²) in [5.74, 6) is 1.76. The molecule has 1 aromatic heterocycles. The van der Waals surface area contributed by atoms with E-state index in [2.05, 4.69) is 20.9 Å². The minimum atomic E-state index is 0.786. The van der Waals surface area contributed by atoms with Gasteiger partial charge in [-0.05, 0) is 24.6 Å². The summed E-state index contributed by atoms with van der Waals surface area (Å²) in [6.07, 6.45) is 2.03. The zero-order valence-corrected chi connectivity index (χ0v) is 10.4. The Kier molecular flexibility index (Phi) is 3.32. The molecule has 0 atom stereocenters. The highest BCUT2D eigenvalue weighted by Crippen LogP contribution is 2.16. The number of methoxy groups -OCH3 is 1. The van der Waals surface area contributed by atoms with Crippen molar-refractivity contribution in [1.82, 2.24) is 9.55 Å². The van der Waals surface area contributed by atoms with E-state index in [0.717, 1.165) is 23.9 Å². The first-order valence-electron chi connectivity index (χ1n) is 5.57. The van der Waals surface area contributed by atoms with E-state index >= 15 is 0 Å². The van der Waals surface area contributed by atoms with Crippen molar-refractivity contribution >= 4 is 5.95 Å². The largest absolute Gasteiger partial charge is 0.497 e. The SMILES string of the molecule is CNc1nc(C)cn1Cc1cccc(OC)c1. The molecule has 0 saturated heterocycles. The van der Waals surface area contributed by atoms with Gasteiger partial charge in [-0.15, -0.1) is 0 Å². The molecule has 17 heavy (non-hydrogen) atoms. The molecule has 1 heterocycles. The van der Waals surface area contributed by atoms with Crippen molar-refractivity contribution in [3.8, 4) is 5.75 Å². The van der Waals surface area contributed by atoms with Gasteiger partial charge >= 0.3 is 0 Å². The second-order valence-corrected chi connectivity index (χ2v) is 3.94. The first-order valence-corrected chi connectivity index (χ1v) is 5.57. The molecular formula is C13H17N3O. The fourth-order valence-electron chi connectivity index (χ4n) is 1.83. The third-order valence-corrected chi connectivity index (χ3v) is 2.61. The number of imidazole rings is 1. The lowest BCUT2D eigenvalue weighted by Gasteiger charge is -2.08. The summed E-state index contributed by atoms with van der Waals surface area (Å²) in [5.41, 5.74) is 2.20. The van der Waals surface area contributed by atoms with Gasteiger partial charge in [-0.1, -0.05) is 12.1 Å². The average Bonchev–Trinajstić information content (AvgIpc) is 2.69. The Bertz CT molecular complexity index is 505. The van der Waals surface area contributed by atoms with Crippen LogP contribution in [0.1, 0.15) is 11.3 Å². The monoisotopic (exact) mass is 231 g/mol. The van der Waals surface area contributed by atoms with Crippen LogP contribution in [0.25, 0.3) is 0 Å². The zero-order valence-electron chi connectivity index (χ0n) is 10.4. The lowest BCUT2D eigenvalue weighted by molar-refractivity contribution is 0.414. The minimum absolute atomic E-state index is 0.786. The molecule has 0 fully saturated rings. The second kappa shape index (κ2) is 4.91. The molecule has 0 aliphatic carbocycles. The number of anilines is 1. The molecule has 1 aromatic carbocycles. The Balaban J connectivity index is 2.24. The molecule has 2 rings (SSSR count). The van der Waals surface area contributed by atoms with Crippen LogP contribution < -0.4 is 10.1 Å². The Morgan fingerprint density at radius 3 is 2.94 bits per heavy atom. The number of rotatable bonds is 4. The van der Waals surface area contributed by atoms with E-state index in [-0.39, 0.29) is 0 Å². The number of aromatic nitrogens is 2. The van der Waals surface area contributed by atoms with Gasteiger partial charge in [0.25, 0.3) is 0 Å². The van der Waals surface area contributed by atoms with Crippen LogP contribution in [0.5, 0.6) is 5.75 Å². The molecular weight excluding hydrogens is 214 g/mol. The van der Waals surface area contributed by atoms with Crippen LogP contribution in [0.4, 0.5) is 5.95 Å². The predicted octanol–water partition coefficient (Wildman–Crippen LogP) is 2.29. The first kappa shape index (κ1) is 11.5. The van der Waals surface area contributed by atoms with Crippen molar-refractivity contribution < 1.29 is 4.74 Å². The normalized spacial score (nSPS) is 10.3. The van der Waals surface area contributed by atoms with Gasteiger partial charge in [0.15, 0.2) is 0 Å². The summed E-state index contributed by atoms with van der Waals surface area (Å²) in [7, 11) is 3.56. The van der Waals surface area contributed by atoms with E-state index in [9.17, 15) is 0 Å². The third-order valence-electron chi connectivity index (χ3n) is 2.61. The molecule has 0 bridgehead atoms. The van der Waals surface area contributed by atoms with Gasteiger partial charge in [-0.25, -0.2) is 4.98 Å². The number of benzene rings is 1. The summed E-state index contributed by atoms with van der Waals surface area (Å²) in [4.78, 5) is 4.39. The highest BCUT2D eigenvalue weighted by atomic mass is 16.5. The van der Waals surface area contributed by atoms with E-state index < -0.39 is 0 Å². The lowest BCUT2D eigenvalue weighted by Crippen LogP contribution is -2.04. The molecule has 0 amide bonds. The fraction of sp³-hybridized carbons (Fsp3) is 0.308. The maximum absolute atomic E-state index is 5.21. The summed E-state index contributed by atoms with van der Waals surface area (Å²) in [6, 6.07) is 8.06. The van der Waals surface area contributed by atoms with Crippen LogP contribution in [-0.4, -0.2) is 23.7 Å². The number of ether oxygens (including phenoxy) is 1. The Morgan fingerprint density at radius 1 is 1.41 bits per heavy atom. The standard InChI is InChI=1S/C13H17N3O/c1-10-8-16(13(14-2)15-10)9-11-5-4-6-12(7-11)17-3/h4-8H,9H2,1-3H3,(H,14,15). The molecule has 2 aromatic rings. The highest BCUT2D eigenvalue weighted by molar-refractivity contribution is 5.32. The maximum atomic E-state index is 5.21. The van der Waals surface area contributed by atoms with Crippen LogP contribution in [0.3, 0.4) is 0 Å². The van der Waals surface area contributed by atoms with Crippen LogP contribution in [0.2, 0.25) is 0 Å². The van der Waals surface area contributed by atoms with Gasteiger partial charge in [0.2, 0.25) is 5.95 Å². The second-order valence-electron chi connectivity index (χ2n) is 3.94. The van der Waals surface area contributed by atoms with Crippen molar-refractivity contribution in [2.45, 2.75) is 13.5 Å². The number of hydrogen-bond donors (Lipinski definition) is 1. The van der Waals surface area contributed by atoms with Gasteiger partial charge < -0.3 is 14.6 Å². The third kappa shape index (κ3) is 2.58. The summed E-state index contributed by atoms with van der Waals surface area (Å²) < 4.78 is 7.30. The lowest BCUT2D eigenvalue weighted by atomic mass is 10.2. The quantitative estimate of drug-likeness (QED) is 0.877. The molecule has 0 radical (unpaired) electrons. The average molecular weight is 231 g/mol. The van der Waals surface area contributed by atoms with E-state index in [4.69, 9.17) is 4.74 Å². The highest BCUT2D eigenvalue weighted by Gasteiger charge is 2.04. The summed E-state index contributed by atoms with van der Waals surface area (Å²) in [6.45, 7) is 2.77. The Morgan fingerprint density at radius 2 is 2.24 bits per heavy atom. The van der Waals surface area contributed by atoms with Gasteiger partial charge in [0.1, 0.15) is 5.75 Å². The molecule has 4 heteroatoms. The number of nitrogens with zero attached hydrogens (tertiary/aromatic N) is 2. The van der Waals surface area contributed by atoms with Gasteiger partial charge in [-0.2, -0.15) is 0 Å².